The third kappa shape index (κ3) is 6.03. The van der Waals surface area contributed by atoms with E-state index in [4.69, 9.17) is 0 Å². The summed E-state index contributed by atoms with van der Waals surface area (Å²) in [5, 5.41) is 0. The quantitative estimate of drug-likeness (QED) is 0.461. The standard InChI is InChI=1S/C9H10N2.2C2H6.I2/c1-7-10-8-5-3-4-6-9(8)11(7)2;3*1-2/h3-6H,1-2H3;2*1-2H3;. The largest absolute Gasteiger partial charge is 0.331 e. The van der Waals surface area contributed by atoms with Crippen LogP contribution in [0.2, 0.25) is 0 Å². The second kappa shape index (κ2) is 12.6. The fourth-order valence-electron chi connectivity index (χ4n) is 1.27. The first-order valence-corrected chi connectivity index (χ1v) is 12.1. The maximum Gasteiger partial charge on any atom is 0.106 e. The summed E-state index contributed by atoms with van der Waals surface area (Å²) in [5.41, 5.74) is 2.28. The number of para-hydroxylation sites is 2. The topological polar surface area (TPSA) is 17.8 Å². The van der Waals surface area contributed by atoms with Gasteiger partial charge in [-0.1, -0.05) is 39.8 Å². The summed E-state index contributed by atoms with van der Waals surface area (Å²) >= 11 is 4.24. The van der Waals surface area contributed by atoms with Gasteiger partial charge in [0.05, 0.1) is 11.0 Å². The van der Waals surface area contributed by atoms with Gasteiger partial charge in [0.25, 0.3) is 0 Å². The molecular weight excluding hydrogens is 438 g/mol. The monoisotopic (exact) mass is 460 g/mol. The summed E-state index contributed by atoms with van der Waals surface area (Å²) in [6.07, 6.45) is 0. The van der Waals surface area contributed by atoms with Crippen molar-refractivity contribution < 1.29 is 0 Å². The number of nitrogens with zero attached hydrogens (tertiary/aromatic N) is 2. The minimum atomic E-state index is 1.06. The molecule has 2 nitrogen and oxygen atoms in total. The van der Waals surface area contributed by atoms with E-state index in [2.05, 4.69) is 52.8 Å². The summed E-state index contributed by atoms with van der Waals surface area (Å²) in [5.74, 6) is 1.06. The highest BCUT2D eigenvalue weighted by Crippen LogP contribution is 2.12. The SMILES string of the molecule is CC.CC.Cc1nc2ccccc2n1C.II. The van der Waals surface area contributed by atoms with Crippen molar-refractivity contribution in [2.24, 2.45) is 7.05 Å². The first-order chi connectivity index (χ1) is 8.29. The summed E-state index contributed by atoms with van der Waals surface area (Å²) in [7, 11) is 2.03. The van der Waals surface area contributed by atoms with Crippen molar-refractivity contribution >= 4 is 48.3 Å². The van der Waals surface area contributed by atoms with Crippen LogP contribution in [0.25, 0.3) is 11.0 Å². The summed E-state index contributed by atoms with van der Waals surface area (Å²) in [4.78, 5) is 4.38. The zero-order valence-electron chi connectivity index (χ0n) is 11.5. The number of aromatic nitrogens is 2. The van der Waals surface area contributed by atoms with Gasteiger partial charge in [-0.05, 0) is 19.1 Å². The lowest BCUT2D eigenvalue weighted by Crippen LogP contribution is -1.89. The molecular formula is C13H22I2N2. The van der Waals surface area contributed by atoms with Crippen molar-refractivity contribution in [1.82, 2.24) is 9.55 Å². The maximum atomic E-state index is 4.38. The van der Waals surface area contributed by atoms with E-state index >= 15 is 0 Å². The van der Waals surface area contributed by atoms with Crippen molar-refractivity contribution in [2.75, 3.05) is 0 Å². The summed E-state index contributed by atoms with van der Waals surface area (Å²) in [6.45, 7) is 10.0. The zero-order valence-corrected chi connectivity index (χ0v) is 15.8. The number of hydrogen-bond donors (Lipinski definition) is 0. The number of aryl methyl sites for hydroxylation is 2. The fraction of sp³-hybridized carbons (Fsp3) is 0.462. The van der Waals surface area contributed by atoms with Crippen molar-refractivity contribution in [2.45, 2.75) is 34.6 Å². The van der Waals surface area contributed by atoms with Crippen LogP contribution in [0.5, 0.6) is 0 Å². The van der Waals surface area contributed by atoms with E-state index in [9.17, 15) is 0 Å². The zero-order chi connectivity index (χ0) is 13.8. The maximum absolute atomic E-state index is 4.38. The van der Waals surface area contributed by atoms with Gasteiger partial charge < -0.3 is 4.57 Å². The van der Waals surface area contributed by atoms with Crippen LogP contribution in [0.3, 0.4) is 0 Å². The predicted molar refractivity (Wildman–Crippen MR) is 96.2 cm³/mol. The van der Waals surface area contributed by atoms with Gasteiger partial charge in [-0.25, -0.2) is 4.98 Å². The van der Waals surface area contributed by atoms with E-state index in [0.717, 1.165) is 11.3 Å². The molecule has 0 N–H and O–H groups in total. The molecule has 0 bridgehead atoms. The Kier molecular flexibility index (Phi) is 14.4. The first kappa shape index (κ1) is 19.5. The van der Waals surface area contributed by atoms with Gasteiger partial charge in [-0.2, -0.15) is 0 Å². The lowest BCUT2D eigenvalue weighted by molar-refractivity contribution is 0.886. The summed E-state index contributed by atoms with van der Waals surface area (Å²) in [6, 6.07) is 8.15. The van der Waals surface area contributed by atoms with Crippen LogP contribution in [-0.2, 0) is 7.05 Å². The Morgan fingerprint density at radius 3 is 1.94 bits per heavy atom. The number of imidazole rings is 1. The summed E-state index contributed by atoms with van der Waals surface area (Å²) < 4.78 is 2.09. The molecule has 0 atom stereocenters. The van der Waals surface area contributed by atoms with Crippen LogP contribution >= 0.6 is 37.2 Å². The second-order valence-corrected chi connectivity index (χ2v) is 2.71. The van der Waals surface area contributed by atoms with Crippen molar-refractivity contribution in [3.63, 3.8) is 0 Å². The normalized spacial score (nSPS) is 8.00. The molecule has 0 aliphatic carbocycles. The molecule has 0 saturated carbocycles. The van der Waals surface area contributed by atoms with E-state index in [1.807, 2.05) is 59.9 Å². The highest BCUT2D eigenvalue weighted by molar-refractivity contribution is 15.0. The number of fused-ring (bicyclic) bond motifs is 1. The van der Waals surface area contributed by atoms with Crippen LogP contribution in [-0.4, -0.2) is 9.55 Å². The Morgan fingerprint density at radius 2 is 1.47 bits per heavy atom. The molecule has 1 aromatic carbocycles. The Labute approximate surface area is 129 Å². The van der Waals surface area contributed by atoms with E-state index in [-0.39, 0.29) is 0 Å². The Bertz CT molecular complexity index is 397. The highest BCUT2D eigenvalue weighted by Gasteiger charge is 2.00. The average molecular weight is 460 g/mol. The number of hydrogen-bond acceptors (Lipinski definition) is 1. The van der Waals surface area contributed by atoms with Crippen molar-refractivity contribution in [3.8, 4) is 0 Å². The molecule has 1 heterocycles. The van der Waals surface area contributed by atoms with E-state index in [1.165, 1.54) is 5.52 Å². The molecule has 4 heteroatoms. The number of rotatable bonds is 0. The van der Waals surface area contributed by atoms with Crippen LogP contribution in [0, 0.1) is 6.92 Å². The minimum absolute atomic E-state index is 1.06. The third-order valence-electron chi connectivity index (χ3n) is 2.01. The lowest BCUT2D eigenvalue weighted by atomic mass is 10.3. The Morgan fingerprint density at radius 1 is 1.00 bits per heavy atom. The smallest absolute Gasteiger partial charge is 0.106 e. The molecule has 2 aromatic rings. The predicted octanol–water partition coefficient (Wildman–Crippen LogP) is 5.71. The van der Waals surface area contributed by atoms with Crippen LogP contribution < -0.4 is 0 Å². The third-order valence-corrected chi connectivity index (χ3v) is 2.01. The van der Waals surface area contributed by atoms with Gasteiger partial charge >= 0.3 is 0 Å². The molecule has 0 aliphatic rings. The van der Waals surface area contributed by atoms with Crippen LogP contribution in [0.15, 0.2) is 24.3 Å². The Hall–Kier alpha value is 0.150. The molecule has 98 valence electrons. The highest BCUT2D eigenvalue weighted by atomic mass is 128. The molecule has 0 unspecified atom stereocenters. The van der Waals surface area contributed by atoms with Gasteiger partial charge in [0.1, 0.15) is 5.82 Å². The molecule has 0 fully saturated rings. The lowest BCUT2D eigenvalue weighted by Gasteiger charge is -1.93. The fourth-order valence-corrected chi connectivity index (χ4v) is 1.27. The van der Waals surface area contributed by atoms with Crippen LogP contribution in [0.4, 0.5) is 0 Å². The molecule has 1 aromatic heterocycles. The van der Waals surface area contributed by atoms with Gasteiger partial charge in [-0.15, -0.1) is 0 Å². The van der Waals surface area contributed by atoms with E-state index in [1.54, 1.807) is 0 Å². The molecule has 17 heavy (non-hydrogen) atoms. The molecule has 0 radical (unpaired) electrons. The van der Waals surface area contributed by atoms with Crippen molar-refractivity contribution in [3.05, 3.63) is 30.1 Å². The van der Waals surface area contributed by atoms with E-state index in [0.29, 0.717) is 0 Å². The van der Waals surface area contributed by atoms with E-state index < -0.39 is 0 Å². The van der Waals surface area contributed by atoms with Crippen molar-refractivity contribution in [1.29, 1.82) is 0 Å². The van der Waals surface area contributed by atoms with Gasteiger partial charge in [0.15, 0.2) is 0 Å². The van der Waals surface area contributed by atoms with Gasteiger partial charge in [0.2, 0.25) is 0 Å². The average Bonchev–Trinajstić information content (AvgIpc) is 2.73. The minimum Gasteiger partial charge on any atom is -0.331 e. The number of halogens is 2. The molecule has 2 rings (SSSR count). The second-order valence-electron chi connectivity index (χ2n) is 2.71. The Balaban J connectivity index is 0. The molecule has 0 spiro atoms. The molecule has 0 saturated heterocycles. The van der Waals surface area contributed by atoms with Gasteiger partial charge in [0, 0.05) is 44.3 Å². The molecule has 0 aliphatic heterocycles. The molecule has 0 amide bonds. The van der Waals surface area contributed by atoms with Crippen LogP contribution in [0.1, 0.15) is 33.5 Å². The first-order valence-electron chi connectivity index (χ1n) is 5.81. The number of benzene rings is 1. The van der Waals surface area contributed by atoms with Gasteiger partial charge in [-0.3, -0.25) is 0 Å².